The largest absolute Gasteiger partial charge is 0.376 e. The highest BCUT2D eigenvalue weighted by Gasteiger charge is 2.32. The van der Waals surface area contributed by atoms with E-state index in [4.69, 9.17) is 11.0 Å². The molecule has 0 amide bonds. The maximum absolute atomic E-state index is 13.7. The Morgan fingerprint density at radius 3 is 2.65 bits per heavy atom. The fourth-order valence-electron chi connectivity index (χ4n) is 2.40. The summed E-state index contributed by atoms with van der Waals surface area (Å²) in [7, 11) is 0. The van der Waals surface area contributed by atoms with Crippen molar-refractivity contribution in [1.82, 2.24) is 0 Å². The molecule has 0 unspecified atom stereocenters. The summed E-state index contributed by atoms with van der Waals surface area (Å²) < 4.78 is 13.7. The topological polar surface area (TPSA) is 61.8 Å². The van der Waals surface area contributed by atoms with Crippen LogP contribution in [0.4, 0.5) is 10.1 Å². The zero-order valence-electron chi connectivity index (χ0n) is 9.67. The Balaban J connectivity index is 2.21. The van der Waals surface area contributed by atoms with E-state index in [0.29, 0.717) is 17.8 Å². The Bertz CT molecular complexity index is 444. The van der Waals surface area contributed by atoms with E-state index in [-0.39, 0.29) is 11.4 Å². The Kier molecular flexibility index (Phi) is 3.30. The molecule has 0 spiro atoms. The van der Waals surface area contributed by atoms with Crippen LogP contribution in [0.2, 0.25) is 0 Å². The number of nitrogens with two attached hydrogens (primary N) is 1. The van der Waals surface area contributed by atoms with Crippen LogP contribution in [0, 0.1) is 17.1 Å². The smallest absolute Gasteiger partial charge is 0.147 e. The summed E-state index contributed by atoms with van der Waals surface area (Å²) in [6, 6.07) is 6.40. The number of hydrogen-bond donors (Lipinski definition) is 2. The second-order valence-corrected chi connectivity index (χ2v) is 4.62. The lowest BCUT2D eigenvalue weighted by Crippen LogP contribution is -2.43. The standard InChI is InChI=1S/C13H16FN3/c14-11-7-10(8-15)3-4-12(11)17-13(9-16)5-1-2-6-13/h3-4,7,17H,1-2,5-6,9,16H2. The van der Waals surface area contributed by atoms with E-state index in [1.165, 1.54) is 6.07 Å². The summed E-state index contributed by atoms with van der Waals surface area (Å²) in [5, 5.41) is 11.9. The molecule has 90 valence electrons. The van der Waals surface area contributed by atoms with E-state index < -0.39 is 0 Å². The summed E-state index contributed by atoms with van der Waals surface area (Å²) in [6.45, 7) is 0.506. The molecule has 2 rings (SSSR count). The number of hydrogen-bond acceptors (Lipinski definition) is 3. The SMILES string of the molecule is N#Cc1ccc(NC2(CN)CCCC2)c(F)c1. The highest BCUT2D eigenvalue weighted by Crippen LogP contribution is 2.33. The first kappa shape index (κ1) is 11.9. The fourth-order valence-corrected chi connectivity index (χ4v) is 2.40. The van der Waals surface area contributed by atoms with E-state index in [1.807, 2.05) is 6.07 Å². The van der Waals surface area contributed by atoms with Gasteiger partial charge in [-0.05, 0) is 31.0 Å². The van der Waals surface area contributed by atoms with Crippen LogP contribution in [0.1, 0.15) is 31.2 Å². The molecule has 1 fully saturated rings. The molecular formula is C13H16FN3. The molecule has 0 saturated heterocycles. The molecule has 1 aliphatic rings. The van der Waals surface area contributed by atoms with Crippen LogP contribution in [0.3, 0.4) is 0 Å². The van der Waals surface area contributed by atoms with Crippen LogP contribution < -0.4 is 11.1 Å². The lowest BCUT2D eigenvalue weighted by molar-refractivity contribution is 0.488. The number of rotatable bonds is 3. The zero-order valence-corrected chi connectivity index (χ0v) is 9.67. The number of nitrogens with zero attached hydrogens (tertiary/aromatic N) is 1. The van der Waals surface area contributed by atoms with Crippen LogP contribution in [-0.4, -0.2) is 12.1 Å². The van der Waals surface area contributed by atoms with Gasteiger partial charge in [-0.25, -0.2) is 4.39 Å². The van der Waals surface area contributed by atoms with E-state index in [0.717, 1.165) is 25.7 Å². The van der Waals surface area contributed by atoms with Gasteiger partial charge in [0.1, 0.15) is 5.82 Å². The van der Waals surface area contributed by atoms with Gasteiger partial charge in [-0.15, -0.1) is 0 Å². The minimum absolute atomic E-state index is 0.172. The van der Waals surface area contributed by atoms with Gasteiger partial charge in [-0.1, -0.05) is 12.8 Å². The van der Waals surface area contributed by atoms with Crippen molar-refractivity contribution in [2.45, 2.75) is 31.2 Å². The first-order chi connectivity index (χ1) is 8.19. The molecule has 1 aromatic carbocycles. The van der Waals surface area contributed by atoms with Gasteiger partial charge in [0.15, 0.2) is 0 Å². The Morgan fingerprint density at radius 2 is 2.12 bits per heavy atom. The second kappa shape index (κ2) is 4.72. The average molecular weight is 233 g/mol. The molecule has 0 radical (unpaired) electrons. The van der Waals surface area contributed by atoms with Gasteiger partial charge in [0.2, 0.25) is 0 Å². The summed E-state index contributed by atoms with van der Waals surface area (Å²) >= 11 is 0. The predicted octanol–water partition coefficient (Wildman–Crippen LogP) is 2.38. The van der Waals surface area contributed by atoms with Crippen molar-refractivity contribution >= 4 is 5.69 Å². The number of benzene rings is 1. The van der Waals surface area contributed by atoms with E-state index in [9.17, 15) is 4.39 Å². The van der Waals surface area contributed by atoms with Crippen LogP contribution in [0.15, 0.2) is 18.2 Å². The maximum atomic E-state index is 13.7. The Labute approximate surface area is 100 Å². The highest BCUT2D eigenvalue weighted by molar-refractivity contribution is 5.50. The minimum Gasteiger partial charge on any atom is -0.376 e. The van der Waals surface area contributed by atoms with E-state index in [2.05, 4.69) is 5.32 Å². The first-order valence-corrected chi connectivity index (χ1v) is 5.87. The van der Waals surface area contributed by atoms with Crippen LogP contribution in [0.25, 0.3) is 0 Å². The zero-order chi connectivity index (χ0) is 12.3. The number of anilines is 1. The lowest BCUT2D eigenvalue weighted by Gasteiger charge is -2.30. The number of halogens is 1. The molecule has 1 aromatic rings. The van der Waals surface area contributed by atoms with Crippen molar-refractivity contribution in [3.63, 3.8) is 0 Å². The van der Waals surface area contributed by atoms with Crippen molar-refractivity contribution in [1.29, 1.82) is 5.26 Å². The Morgan fingerprint density at radius 1 is 1.41 bits per heavy atom. The van der Waals surface area contributed by atoms with E-state index in [1.54, 1.807) is 12.1 Å². The predicted molar refractivity (Wildman–Crippen MR) is 65.0 cm³/mol. The average Bonchev–Trinajstić information content (AvgIpc) is 2.81. The van der Waals surface area contributed by atoms with Crippen molar-refractivity contribution in [2.75, 3.05) is 11.9 Å². The molecule has 1 aliphatic carbocycles. The number of nitrogens with one attached hydrogen (secondary N) is 1. The van der Waals surface area contributed by atoms with Gasteiger partial charge < -0.3 is 11.1 Å². The molecule has 0 aromatic heterocycles. The summed E-state index contributed by atoms with van der Waals surface area (Å²) in [6.07, 6.45) is 4.20. The third-order valence-electron chi connectivity index (χ3n) is 3.45. The molecule has 17 heavy (non-hydrogen) atoms. The van der Waals surface area contributed by atoms with Crippen LogP contribution in [-0.2, 0) is 0 Å². The normalized spacial score (nSPS) is 17.7. The lowest BCUT2D eigenvalue weighted by atomic mass is 9.97. The van der Waals surface area contributed by atoms with Crippen molar-refractivity contribution in [3.05, 3.63) is 29.6 Å². The van der Waals surface area contributed by atoms with E-state index >= 15 is 0 Å². The molecule has 0 aliphatic heterocycles. The highest BCUT2D eigenvalue weighted by atomic mass is 19.1. The maximum Gasteiger partial charge on any atom is 0.147 e. The quantitative estimate of drug-likeness (QED) is 0.842. The third-order valence-corrected chi connectivity index (χ3v) is 3.45. The van der Waals surface area contributed by atoms with Gasteiger partial charge in [0.05, 0.1) is 17.3 Å². The molecule has 4 heteroatoms. The van der Waals surface area contributed by atoms with Crippen molar-refractivity contribution < 1.29 is 4.39 Å². The molecule has 0 bridgehead atoms. The monoisotopic (exact) mass is 233 g/mol. The van der Waals surface area contributed by atoms with Gasteiger partial charge in [-0.3, -0.25) is 0 Å². The van der Waals surface area contributed by atoms with Crippen molar-refractivity contribution in [2.24, 2.45) is 5.73 Å². The molecule has 3 nitrogen and oxygen atoms in total. The molecule has 1 saturated carbocycles. The summed E-state index contributed by atoms with van der Waals surface area (Å²) in [5.74, 6) is -0.385. The summed E-state index contributed by atoms with van der Waals surface area (Å²) in [5.41, 5.74) is 6.39. The third kappa shape index (κ3) is 2.40. The van der Waals surface area contributed by atoms with Crippen molar-refractivity contribution in [3.8, 4) is 6.07 Å². The number of nitriles is 1. The molecule has 0 atom stereocenters. The minimum atomic E-state index is -0.385. The second-order valence-electron chi connectivity index (χ2n) is 4.62. The molecular weight excluding hydrogens is 217 g/mol. The van der Waals surface area contributed by atoms with Gasteiger partial charge >= 0.3 is 0 Å². The van der Waals surface area contributed by atoms with Gasteiger partial charge in [-0.2, -0.15) is 5.26 Å². The molecule has 0 heterocycles. The van der Waals surface area contributed by atoms with Crippen LogP contribution >= 0.6 is 0 Å². The van der Waals surface area contributed by atoms with Gasteiger partial charge in [0.25, 0.3) is 0 Å². The van der Waals surface area contributed by atoms with Crippen LogP contribution in [0.5, 0.6) is 0 Å². The first-order valence-electron chi connectivity index (χ1n) is 5.87. The fraction of sp³-hybridized carbons (Fsp3) is 0.462. The Hall–Kier alpha value is -1.60. The summed E-state index contributed by atoms with van der Waals surface area (Å²) in [4.78, 5) is 0. The van der Waals surface area contributed by atoms with Gasteiger partial charge in [0, 0.05) is 12.1 Å². The molecule has 3 N–H and O–H groups in total.